The molecule has 136 valence electrons. The first kappa shape index (κ1) is 18.7. The number of nitrogens with one attached hydrogen (secondary N) is 1. The molecule has 1 unspecified atom stereocenters. The number of nitrogens with zero attached hydrogens (tertiary/aromatic N) is 2. The van der Waals surface area contributed by atoms with Gasteiger partial charge in [0.25, 0.3) is 0 Å². The van der Waals surface area contributed by atoms with Gasteiger partial charge in [-0.3, -0.25) is 10.1 Å². The summed E-state index contributed by atoms with van der Waals surface area (Å²) in [5, 5.41) is 2.50. The fraction of sp³-hybridized carbons (Fsp3) is 0.529. The highest BCUT2D eigenvalue weighted by atomic mass is 16.6. The average Bonchev–Trinajstić information content (AvgIpc) is 2.83. The first-order chi connectivity index (χ1) is 11.6. The second kappa shape index (κ2) is 7.08. The van der Waals surface area contributed by atoms with E-state index in [1.54, 1.807) is 44.9 Å². The summed E-state index contributed by atoms with van der Waals surface area (Å²) in [6.45, 7) is 5.74. The average molecular weight is 349 g/mol. The second-order valence-electron chi connectivity index (χ2n) is 6.93. The van der Waals surface area contributed by atoms with E-state index >= 15 is 0 Å². The van der Waals surface area contributed by atoms with Gasteiger partial charge in [0.1, 0.15) is 11.4 Å². The van der Waals surface area contributed by atoms with Crippen molar-refractivity contribution in [2.75, 3.05) is 26.0 Å². The van der Waals surface area contributed by atoms with Crippen LogP contribution in [0.1, 0.15) is 49.2 Å². The molecule has 1 aromatic heterocycles. The molecule has 1 atom stereocenters. The Morgan fingerprint density at radius 3 is 2.52 bits per heavy atom. The standard InChI is InChI=1S/C17H23N3O5/c1-17(2,3)25-16(23)19-12-7-6-11(14(18-12)15(22)24-5)10-8-13(21)20(4)9-10/h6-7,10H,8-9H2,1-5H3,(H,18,19,23). The van der Waals surface area contributed by atoms with Crippen LogP contribution in [0.25, 0.3) is 0 Å². The predicted octanol–water partition coefficient (Wildman–Crippen LogP) is 2.16. The van der Waals surface area contributed by atoms with Gasteiger partial charge in [0, 0.05) is 25.9 Å². The number of carbonyl (C=O) groups is 3. The number of anilines is 1. The zero-order valence-corrected chi connectivity index (χ0v) is 15.1. The molecule has 1 aliphatic heterocycles. The SMILES string of the molecule is COC(=O)c1nc(NC(=O)OC(C)(C)C)ccc1C1CC(=O)N(C)C1. The maximum atomic E-state index is 12.1. The fourth-order valence-electron chi connectivity index (χ4n) is 2.61. The lowest BCUT2D eigenvalue weighted by atomic mass is 9.96. The normalized spacial score (nSPS) is 17.4. The molecule has 0 spiro atoms. The van der Waals surface area contributed by atoms with Gasteiger partial charge in [-0.05, 0) is 32.4 Å². The van der Waals surface area contributed by atoms with Crippen LogP contribution in [0.15, 0.2) is 12.1 Å². The molecule has 0 radical (unpaired) electrons. The molecule has 0 aromatic carbocycles. The van der Waals surface area contributed by atoms with Gasteiger partial charge in [-0.1, -0.05) is 6.07 Å². The maximum Gasteiger partial charge on any atom is 0.413 e. The van der Waals surface area contributed by atoms with Crippen molar-refractivity contribution in [1.82, 2.24) is 9.88 Å². The van der Waals surface area contributed by atoms with Crippen molar-refractivity contribution in [2.24, 2.45) is 0 Å². The monoisotopic (exact) mass is 349 g/mol. The Hall–Kier alpha value is -2.64. The summed E-state index contributed by atoms with van der Waals surface area (Å²) in [4.78, 5) is 41.5. The number of amides is 2. The van der Waals surface area contributed by atoms with Gasteiger partial charge in [-0.2, -0.15) is 0 Å². The molecule has 25 heavy (non-hydrogen) atoms. The number of hydrogen-bond acceptors (Lipinski definition) is 6. The van der Waals surface area contributed by atoms with Gasteiger partial charge in [0.2, 0.25) is 5.91 Å². The van der Waals surface area contributed by atoms with Crippen molar-refractivity contribution in [3.8, 4) is 0 Å². The summed E-state index contributed by atoms with van der Waals surface area (Å²) in [6, 6.07) is 3.26. The summed E-state index contributed by atoms with van der Waals surface area (Å²) in [7, 11) is 2.97. The number of hydrogen-bond donors (Lipinski definition) is 1. The number of aromatic nitrogens is 1. The van der Waals surface area contributed by atoms with Crippen molar-refractivity contribution in [3.63, 3.8) is 0 Å². The zero-order chi connectivity index (χ0) is 18.8. The summed E-state index contributed by atoms with van der Waals surface area (Å²) in [6.07, 6.45) is -0.361. The third-order valence-electron chi connectivity index (χ3n) is 3.72. The number of carbonyl (C=O) groups excluding carboxylic acids is 3. The maximum absolute atomic E-state index is 12.1. The molecule has 8 nitrogen and oxygen atoms in total. The minimum absolute atomic E-state index is 0.0109. The first-order valence-corrected chi connectivity index (χ1v) is 7.94. The van der Waals surface area contributed by atoms with E-state index in [1.165, 1.54) is 7.11 Å². The number of likely N-dealkylation sites (N-methyl/N-ethyl adjacent to an activating group) is 1. The van der Waals surface area contributed by atoms with E-state index in [9.17, 15) is 14.4 Å². The molecule has 2 amide bonds. The van der Waals surface area contributed by atoms with Gasteiger partial charge in [0.15, 0.2) is 5.69 Å². The van der Waals surface area contributed by atoms with Gasteiger partial charge >= 0.3 is 12.1 Å². The van der Waals surface area contributed by atoms with Crippen molar-refractivity contribution in [3.05, 3.63) is 23.4 Å². The first-order valence-electron chi connectivity index (χ1n) is 7.94. The van der Waals surface area contributed by atoms with Crippen LogP contribution in [0, 0.1) is 0 Å². The van der Waals surface area contributed by atoms with Gasteiger partial charge < -0.3 is 14.4 Å². The van der Waals surface area contributed by atoms with Crippen LogP contribution in [0.2, 0.25) is 0 Å². The molecule has 2 rings (SSSR count). The van der Waals surface area contributed by atoms with Crippen LogP contribution in [-0.2, 0) is 14.3 Å². The molecule has 1 aliphatic rings. The van der Waals surface area contributed by atoms with E-state index in [4.69, 9.17) is 9.47 Å². The van der Waals surface area contributed by atoms with Crippen molar-refractivity contribution in [1.29, 1.82) is 0 Å². The Morgan fingerprint density at radius 1 is 1.32 bits per heavy atom. The molecule has 2 heterocycles. The van der Waals surface area contributed by atoms with Gasteiger partial charge in [-0.25, -0.2) is 14.6 Å². The van der Waals surface area contributed by atoms with Crippen LogP contribution in [-0.4, -0.2) is 54.2 Å². The quantitative estimate of drug-likeness (QED) is 0.840. The summed E-state index contributed by atoms with van der Waals surface area (Å²) >= 11 is 0. The number of ether oxygens (including phenoxy) is 2. The van der Waals surface area contributed by atoms with Gasteiger partial charge in [-0.15, -0.1) is 0 Å². The highest BCUT2D eigenvalue weighted by Gasteiger charge is 2.32. The Bertz CT molecular complexity index is 696. The van der Waals surface area contributed by atoms with Crippen molar-refractivity contribution < 1.29 is 23.9 Å². The lowest BCUT2D eigenvalue weighted by Gasteiger charge is -2.20. The van der Waals surface area contributed by atoms with Gasteiger partial charge in [0.05, 0.1) is 7.11 Å². The Balaban J connectivity index is 2.27. The summed E-state index contributed by atoms with van der Waals surface area (Å²) < 4.78 is 9.96. The zero-order valence-electron chi connectivity index (χ0n) is 15.1. The topological polar surface area (TPSA) is 97.8 Å². The fourth-order valence-corrected chi connectivity index (χ4v) is 2.61. The van der Waals surface area contributed by atoms with E-state index in [2.05, 4.69) is 10.3 Å². The van der Waals surface area contributed by atoms with E-state index in [0.29, 0.717) is 18.5 Å². The van der Waals surface area contributed by atoms with Crippen LogP contribution in [0.3, 0.4) is 0 Å². The molecule has 1 fully saturated rings. The van der Waals surface area contributed by atoms with Crippen molar-refractivity contribution in [2.45, 2.75) is 38.7 Å². The highest BCUT2D eigenvalue weighted by molar-refractivity contribution is 5.91. The lowest BCUT2D eigenvalue weighted by Crippen LogP contribution is -2.27. The molecule has 1 N–H and O–H groups in total. The number of pyridine rings is 1. The molecule has 1 saturated heterocycles. The predicted molar refractivity (Wildman–Crippen MR) is 90.4 cm³/mol. The Morgan fingerprint density at radius 2 is 2.00 bits per heavy atom. The molecule has 0 saturated carbocycles. The van der Waals surface area contributed by atoms with E-state index < -0.39 is 17.7 Å². The molecular weight excluding hydrogens is 326 g/mol. The molecule has 8 heteroatoms. The smallest absolute Gasteiger partial charge is 0.413 e. The molecule has 1 aromatic rings. The third kappa shape index (κ3) is 4.68. The number of likely N-dealkylation sites (tertiary alicyclic amines) is 1. The van der Waals surface area contributed by atoms with E-state index in [1.807, 2.05) is 0 Å². The minimum Gasteiger partial charge on any atom is -0.464 e. The molecule has 0 bridgehead atoms. The third-order valence-corrected chi connectivity index (χ3v) is 3.72. The van der Waals surface area contributed by atoms with E-state index in [-0.39, 0.29) is 23.3 Å². The summed E-state index contributed by atoms with van der Waals surface area (Å²) in [5.41, 5.74) is 0.0627. The number of rotatable bonds is 3. The summed E-state index contributed by atoms with van der Waals surface area (Å²) in [5.74, 6) is -0.577. The largest absolute Gasteiger partial charge is 0.464 e. The van der Waals surface area contributed by atoms with Crippen LogP contribution in [0.4, 0.5) is 10.6 Å². The minimum atomic E-state index is -0.667. The molecular formula is C17H23N3O5. The number of methoxy groups -OCH3 is 1. The van der Waals surface area contributed by atoms with Crippen LogP contribution in [0.5, 0.6) is 0 Å². The van der Waals surface area contributed by atoms with Crippen LogP contribution < -0.4 is 5.32 Å². The highest BCUT2D eigenvalue weighted by Crippen LogP contribution is 2.30. The Labute approximate surface area is 146 Å². The number of esters is 1. The van der Waals surface area contributed by atoms with Crippen LogP contribution >= 0.6 is 0 Å². The molecule has 0 aliphatic carbocycles. The van der Waals surface area contributed by atoms with E-state index in [0.717, 1.165) is 0 Å². The second-order valence-corrected chi connectivity index (χ2v) is 6.93. The lowest BCUT2D eigenvalue weighted by molar-refractivity contribution is -0.126. The van der Waals surface area contributed by atoms with Crippen molar-refractivity contribution >= 4 is 23.8 Å². The Kier molecular flexibility index (Phi) is 5.30.